The van der Waals surface area contributed by atoms with Crippen LogP contribution in [0.25, 0.3) is 0 Å². The van der Waals surface area contributed by atoms with E-state index in [1.165, 1.54) is 24.5 Å². The number of pyridine rings is 1. The van der Waals surface area contributed by atoms with Gasteiger partial charge in [0.1, 0.15) is 0 Å². The fourth-order valence-corrected chi connectivity index (χ4v) is 2.22. The lowest BCUT2D eigenvalue weighted by Gasteiger charge is -2.10. The zero-order valence-electron chi connectivity index (χ0n) is 8.21. The van der Waals surface area contributed by atoms with E-state index in [-0.39, 0.29) is 6.42 Å². The monoisotopic (exact) mass is 225 g/mol. The summed E-state index contributed by atoms with van der Waals surface area (Å²) in [5.74, 6) is 0. The fourth-order valence-electron chi connectivity index (χ4n) is 1.04. The third-order valence-electron chi connectivity index (χ3n) is 1.83. The SMILES string of the molecule is CCC(C#N)S(=O)(=O)Nc1ccncc1. The average Bonchev–Trinajstić information content (AvgIpc) is 2.19. The van der Waals surface area contributed by atoms with Crippen molar-refractivity contribution in [3.05, 3.63) is 24.5 Å². The first-order valence-corrected chi connectivity index (χ1v) is 5.96. The molecule has 0 saturated carbocycles. The first kappa shape index (κ1) is 11.5. The lowest BCUT2D eigenvalue weighted by Crippen LogP contribution is -2.25. The predicted molar refractivity (Wildman–Crippen MR) is 56.5 cm³/mol. The Labute approximate surface area is 88.8 Å². The van der Waals surface area contributed by atoms with E-state index >= 15 is 0 Å². The molecule has 0 amide bonds. The lowest BCUT2D eigenvalue weighted by atomic mass is 10.4. The summed E-state index contributed by atoms with van der Waals surface area (Å²) in [4.78, 5) is 3.76. The van der Waals surface area contributed by atoms with Crippen molar-refractivity contribution in [2.75, 3.05) is 4.72 Å². The van der Waals surface area contributed by atoms with Crippen molar-refractivity contribution in [2.45, 2.75) is 18.6 Å². The van der Waals surface area contributed by atoms with E-state index in [1.807, 2.05) is 0 Å². The third-order valence-corrected chi connectivity index (χ3v) is 3.54. The van der Waals surface area contributed by atoms with E-state index in [2.05, 4.69) is 9.71 Å². The standard InChI is InChI=1S/C9H11N3O2S/c1-2-9(7-10)15(13,14)12-8-3-5-11-6-4-8/h3-6,9H,2H2,1H3,(H,11,12). The highest BCUT2D eigenvalue weighted by molar-refractivity contribution is 7.93. The van der Waals surface area contributed by atoms with Crippen molar-refractivity contribution >= 4 is 15.7 Å². The second-order valence-electron chi connectivity index (χ2n) is 2.91. The average molecular weight is 225 g/mol. The van der Waals surface area contributed by atoms with Gasteiger partial charge in [0.2, 0.25) is 10.0 Å². The van der Waals surface area contributed by atoms with Crippen molar-refractivity contribution in [1.29, 1.82) is 5.26 Å². The summed E-state index contributed by atoms with van der Waals surface area (Å²) in [7, 11) is -3.61. The molecule has 15 heavy (non-hydrogen) atoms. The molecule has 1 heterocycles. The number of nitrogens with one attached hydrogen (secondary N) is 1. The van der Waals surface area contributed by atoms with Gasteiger partial charge >= 0.3 is 0 Å². The topological polar surface area (TPSA) is 82.8 Å². The molecule has 1 aromatic heterocycles. The van der Waals surface area contributed by atoms with E-state index in [4.69, 9.17) is 5.26 Å². The summed E-state index contributed by atoms with van der Waals surface area (Å²) in [6.45, 7) is 1.65. The number of sulfonamides is 1. The predicted octanol–water partition coefficient (Wildman–Crippen LogP) is 1.13. The number of nitriles is 1. The summed E-state index contributed by atoms with van der Waals surface area (Å²) in [6.07, 6.45) is 3.22. The molecule has 5 nitrogen and oxygen atoms in total. The minimum Gasteiger partial charge on any atom is -0.282 e. The first-order chi connectivity index (χ1) is 7.10. The van der Waals surface area contributed by atoms with Crippen molar-refractivity contribution < 1.29 is 8.42 Å². The Bertz CT molecular complexity index is 450. The van der Waals surface area contributed by atoms with Crippen LogP contribution in [0.2, 0.25) is 0 Å². The van der Waals surface area contributed by atoms with Gasteiger partial charge in [-0.1, -0.05) is 6.92 Å². The van der Waals surface area contributed by atoms with Gasteiger partial charge in [-0.25, -0.2) is 8.42 Å². The first-order valence-electron chi connectivity index (χ1n) is 4.41. The molecule has 1 aromatic rings. The molecule has 0 saturated heterocycles. The van der Waals surface area contributed by atoms with Gasteiger partial charge in [-0.15, -0.1) is 0 Å². The number of anilines is 1. The molecule has 0 spiro atoms. The molecule has 0 radical (unpaired) electrons. The van der Waals surface area contributed by atoms with Crippen molar-refractivity contribution in [1.82, 2.24) is 4.98 Å². The number of nitrogens with zero attached hydrogens (tertiary/aromatic N) is 2. The van der Waals surface area contributed by atoms with Gasteiger partial charge in [-0.3, -0.25) is 9.71 Å². The van der Waals surface area contributed by atoms with E-state index in [0.717, 1.165) is 0 Å². The molecule has 0 bridgehead atoms. The highest BCUT2D eigenvalue weighted by Crippen LogP contribution is 2.11. The summed E-state index contributed by atoms with van der Waals surface area (Å²) in [5.41, 5.74) is 0.415. The lowest BCUT2D eigenvalue weighted by molar-refractivity contribution is 0.593. The van der Waals surface area contributed by atoms with E-state index in [0.29, 0.717) is 5.69 Å². The van der Waals surface area contributed by atoms with Crippen LogP contribution in [0.5, 0.6) is 0 Å². The van der Waals surface area contributed by atoms with Crippen LogP contribution in [-0.4, -0.2) is 18.7 Å². The molecule has 0 aliphatic carbocycles. The van der Waals surface area contributed by atoms with Crippen LogP contribution in [0, 0.1) is 11.3 Å². The normalized spacial score (nSPS) is 12.8. The molecule has 0 fully saturated rings. The quantitative estimate of drug-likeness (QED) is 0.832. The molecule has 0 aromatic carbocycles. The molecule has 1 N–H and O–H groups in total. The Morgan fingerprint density at radius 2 is 2.13 bits per heavy atom. The highest BCUT2D eigenvalue weighted by atomic mass is 32.2. The largest absolute Gasteiger partial charge is 0.282 e. The van der Waals surface area contributed by atoms with Crippen molar-refractivity contribution in [3.8, 4) is 6.07 Å². The minimum atomic E-state index is -3.61. The maximum absolute atomic E-state index is 11.6. The summed E-state index contributed by atoms with van der Waals surface area (Å²) in [5, 5.41) is 7.64. The van der Waals surface area contributed by atoms with Crippen LogP contribution in [0.15, 0.2) is 24.5 Å². The molecular weight excluding hydrogens is 214 g/mol. The Hall–Kier alpha value is -1.61. The Morgan fingerprint density at radius 3 is 2.60 bits per heavy atom. The second-order valence-corrected chi connectivity index (χ2v) is 4.77. The maximum Gasteiger partial charge on any atom is 0.249 e. The highest BCUT2D eigenvalue weighted by Gasteiger charge is 2.22. The van der Waals surface area contributed by atoms with Crippen LogP contribution < -0.4 is 4.72 Å². The molecule has 1 unspecified atom stereocenters. The van der Waals surface area contributed by atoms with Gasteiger partial charge in [0.15, 0.2) is 5.25 Å². The molecule has 1 atom stereocenters. The fraction of sp³-hybridized carbons (Fsp3) is 0.333. The summed E-state index contributed by atoms with van der Waals surface area (Å²) >= 11 is 0. The molecule has 0 aliphatic heterocycles. The van der Waals surface area contributed by atoms with Crippen LogP contribution >= 0.6 is 0 Å². The number of hydrogen-bond acceptors (Lipinski definition) is 4. The van der Waals surface area contributed by atoms with Gasteiger partial charge in [-0.05, 0) is 18.6 Å². The van der Waals surface area contributed by atoms with Crippen LogP contribution in [-0.2, 0) is 10.0 Å². The smallest absolute Gasteiger partial charge is 0.249 e. The van der Waals surface area contributed by atoms with Gasteiger partial charge in [0.05, 0.1) is 11.8 Å². The van der Waals surface area contributed by atoms with Crippen LogP contribution in [0.3, 0.4) is 0 Å². The van der Waals surface area contributed by atoms with Gasteiger partial charge < -0.3 is 0 Å². The van der Waals surface area contributed by atoms with E-state index < -0.39 is 15.3 Å². The molecule has 1 rings (SSSR count). The Morgan fingerprint density at radius 1 is 1.53 bits per heavy atom. The molecular formula is C9H11N3O2S. The second kappa shape index (κ2) is 4.75. The maximum atomic E-state index is 11.6. The summed E-state index contributed by atoms with van der Waals surface area (Å²) in [6, 6.07) is 4.80. The van der Waals surface area contributed by atoms with Gasteiger partial charge in [0.25, 0.3) is 0 Å². The van der Waals surface area contributed by atoms with Crippen LogP contribution in [0.4, 0.5) is 5.69 Å². The van der Waals surface area contributed by atoms with E-state index in [9.17, 15) is 8.42 Å². The Kier molecular flexibility index (Phi) is 3.63. The van der Waals surface area contributed by atoms with Crippen molar-refractivity contribution in [2.24, 2.45) is 0 Å². The number of rotatable bonds is 4. The van der Waals surface area contributed by atoms with E-state index in [1.54, 1.807) is 13.0 Å². The molecule has 80 valence electrons. The summed E-state index contributed by atoms with van der Waals surface area (Å²) < 4.78 is 25.5. The number of hydrogen-bond donors (Lipinski definition) is 1. The zero-order chi connectivity index (χ0) is 11.3. The van der Waals surface area contributed by atoms with Crippen molar-refractivity contribution in [3.63, 3.8) is 0 Å². The molecule has 0 aliphatic rings. The molecule has 6 heteroatoms. The third kappa shape index (κ3) is 2.92. The Balaban J connectivity index is 2.87. The van der Waals surface area contributed by atoms with Gasteiger partial charge in [0, 0.05) is 12.4 Å². The van der Waals surface area contributed by atoms with Gasteiger partial charge in [-0.2, -0.15) is 5.26 Å². The zero-order valence-corrected chi connectivity index (χ0v) is 9.03. The van der Waals surface area contributed by atoms with Crippen LogP contribution in [0.1, 0.15) is 13.3 Å². The number of aromatic nitrogens is 1. The minimum absolute atomic E-state index is 0.261.